The van der Waals surface area contributed by atoms with E-state index in [1.165, 1.54) is 12.1 Å². The lowest BCUT2D eigenvalue weighted by Crippen LogP contribution is -2.40. The van der Waals surface area contributed by atoms with Crippen LogP contribution in [0.1, 0.15) is 20.8 Å². The van der Waals surface area contributed by atoms with Gasteiger partial charge in [-0.1, -0.05) is 11.6 Å². The van der Waals surface area contributed by atoms with Crippen LogP contribution < -0.4 is 9.46 Å². The number of nitrogens with zero attached hydrogens (tertiary/aromatic N) is 1. The van der Waals surface area contributed by atoms with Crippen molar-refractivity contribution in [3.05, 3.63) is 57.4 Å². The first-order valence-electron chi connectivity index (χ1n) is 7.34. The lowest BCUT2D eigenvalue weighted by molar-refractivity contribution is -0.385. The first-order valence-corrected chi connectivity index (χ1v) is 9.20. The van der Waals surface area contributed by atoms with Crippen molar-refractivity contribution in [3.8, 4) is 11.5 Å². The summed E-state index contributed by atoms with van der Waals surface area (Å²) in [4.78, 5) is 10.3. The zero-order valence-electron chi connectivity index (χ0n) is 14.1. The van der Waals surface area contributed by atoms with Gasteiger partial charge < -0.3 is 4.74 Å². The molecule has 10 heteroatoms. The monoisotopic (exact) mass is 402 g/mol. The van der Waals surface area contributed by atoms with E-state index in [2.05, 4.69) is 4.72 Å². The van der Waals surface area contributed by atoms with Crippen LogP contribution in [-0.4, -0.2) is 18.9 Å². The topological polar surface area (TPSA) is 98.5 Å². The van der Waals surface area contributed by atoms with Crippen LogP contribution in [0.3, 0.4) is 0 Å². The lowest BCUT2D eigenvalue weighted by Gasteiger charge is -2.20. The molecule has 26 heavy (non-hydrogen) atoms. The van der Waals surface area contributed by atoms with Gasteiger partial charge in [0.2, 0.25) is 15.8 Å². The number of ether oxygens (including phenoxy) is 1. The van der Waals surface area contributed by atoms with E-state index in [0.29, 0.717) is 0 Å². The smallest absolute Gasteiger partial charge is 0.312 e. The number of rotatable bonds is 5. The average Bonchev–Trinajstić information content (AvgIpc) is 2.47. The Labute approximate surface area is 154 Å². The highest BCUT2D eigenvalue weighted by Gasteiger charge is 2.26. The predicted molar refractivity (Wildman–Crippen MR) is 94.7 cm³/mol. The quantitative estimate of drug-likeness (QED) is 0.595. The second kappa shape index (κ2) is 7.18. The Kier molecular flexibility index (Phi) is 5.55. The molecule has 0 fully saturated rings. The van der Waals surface area contributed by atoms with Crippen LogP contribution in [0.2, 0.25) is 5.02 Å². The van der Waals surface area contributed by atoms with Gasteiger partial charge in [0, 0.05) is 11.6 Å². The minimum Gasteiger partial charge on any atom is -0.449 e. The van der Waals surface area contributed by atoms with Crippen molar-refractivity contribution in [3.63, 3.8) is 0 Å². The third-order valence-corrected chi connectivity index (χ3v) is 5.04. The van der Waals surface area contributed by atoms with E-state index < -0.39 is 32.0 Å². The van der Waals surface area contributed by atoms with Crippen molar-refractivity contribution < 1.29 is 22.5 Å². The fourth-order valence-corrected chi connectivity index (χ4v) is 3.68. The molecule has 2 rings (SSSR count). The van der Waals surface area contributed by atoms with Crippen molar-refractivity contribution in [1.29, 1.82) is 0 Å². The summed E-state index contributed by atoms with van der Waals surface area (Å²) in [5.41, 5.74) is -1.33. The molecule has 0 radical (unpaired) electrons. The molecule has 7 nitrogen and oxygen atoms in total. The summed E-state index contributed by atoms with van der Waals surface area (Å²) in [6.07, 6.45) is 0. The van der Waals surface area contributed by atoms with Crippen molar-refractivity contribution in [2.75, 3.05) is 0 Å². The Morgan fingerprint density at radius 2 is 1.77 bits per heavy atom. The van der Waals surface area contributed by atoms with Gasteiger partial charge in [-0.3, -0.25) is 10.1 Å². The molecule has 0 aromatic heterocycles. The number of benzene rings is 2. The molecule has 140 valence electrons. The SMILES string of the molecule is CC(C)(C)NS(=O)(=O)c1ccc(Oc2ccc(F)cc2Cl)c([N+](=O)[O-])c1. The van der Waals surface area contributed by atoms with E-state index in [1.54, 1.807) is 20.8 Å². The Hall–Kier alpha value is -2.23. The van der Waals surface area contributed by atoms with E-state index in [4.69, 9.17) is 16.3 Å². The molecule has 0 aliphatic rings. The molecule has 2 aromatic carbocycles. The molecular weight excluding hydrogens is 387 g/mol. The minimum absolute atomic E-state index is 0.000379. The molecule has 0 saturated carbocycles. The van der Waals surface area contributed by atoms with E-state index in [-0.39, 0.29) is 21.4 Å². The molecule has 0 aliphatic heterocycles. The number of sulfonamides is 1. The van der Waals surface area contributed by atoms with Gasteiger partial charge in [-0.2, -0.15) is 0 Å². The number of hydrogen-bond donors (Lipinski definition) is 1. The van der Waals surface area contributed by atoms with Gasteiger partial charge in [0.25, 0.3) is 0 Å². The van der Waals surface area contributed by atoms with Gasteiger partial charge in [-0.25, -0.2) is 17.5 Å². The molecule has 0 saturated heterocycles. The van der Waals surface area contributed by atoms with Crippen molar-refractivity contribution in [2.45, 2.75) is 31.2 Å². The number of nitro benzene ring substituents is 1. The summed E-state index contributed by atoms with van der Waals surface area (Å²) >= 11 is 5.85. The van der Waals surface area contributed by atoms with Crippen molar-refractivity contribution >= 4 is 27.3 Å². The van der Waals surface area contributed by atoms with E-state index >= 15 is 0 Å². The summed E-state index contributed by atoms with van der Waals surface area (Å²) < 4.78 is 45.6. The maximum Gasteiger partial charge on any atom is 0.312 e. The number of halogens is 2. The van der Waals surface area contributed by atoms with Crippen LogP contribution in [0.4, 0.5) is 10.1 Å². The highest BCUT2D eigenvalue weighted by molar-refractivity contribution is 7.89. The average molecular weight is 403 g/mol. The zero-order valence-corrected chi connectivity index (χ0v) is 15.7. The zero-order chi connectivity index (χ0) is 19.7. The molecule has 0 heterocycles. The van der Waals surface area contributed by atoms with Crippen molar-refractivity contribution in [2.24, 2.45) is 0 Å². The van der Waals surface area contributed by atoms with Crippen LogP contribution >= 0.6 is 11.6 Å². The normalized spacial score (nSPS) is 12.0. The van der Waals surface area contributed by atoms with E-state index in [1.807, 2.05) is 0 Å². The minimum atomic E-state index is -3.96. The van der Waals surface area contributed by atoms with E-state index in [0.717, 1.165) is 24.3 Å². The van der Waals surface area contributed by atoms with Gasteiger partial charge in [0.05, 0.1) is 14.8 Å². The van der Waals surface area contributed by atoms with Gasteiger partial charge in [-0.05, 0) is 51.1 Å². The summed E-state index contributed by atoms with van der Waals surface area (Å²) in [5, 5.41) is 11.3. The Morgan fingerprint density at radius 1 is 1.15 bits per heavy atom. The molecule has 0 atom stereocenters. The maximum atomic E-state index is 13.1. The van der Waals surface area contributed by atoms with Crippen LogP contribution in [0, 0.1) is 15.9 Å². The summed E-state index contributed by atoms with van der Waals surface area (Å²) in [7, 11) is -3.96. The summed E-state index contributed by atoms with van der Waals surface area (Å²) in [6.45, 7) is 4.94. The fourth-order valence-electron chi connectivity index (χ4n) is 2.03. The molecule has 0 bridgehead atoms. The lowest BCUT2D eigenvalue weighted by atomic mass is 10.1. The second-order valence-corrected chi connectivity index (χ2v) is 8.51. The van der Waals surface area contributed by atoms with Crippen LogP contribution in [-0.2, 0) is 10.0 Å². The third-order valence-electron chi connectivity index (χ3n) is 2.99. The molecule has 0 aliphatic carbocycles. The summed E-state index contributed by atoms with van der Waals surface area (Å²) in [6, 6.07) is 6.50. The number of hydrogen-bond acceptors (Lipinski definition) is 5. The maximum absolute atomic E-state index is 13.1. The first-order chi connectivity index (χ1) is 11.9. The molecule has 0 amide bonds. The van der Waals surface area contributed by atoms with Crippen LogP contribution in [0.25, 0.3) is 0 Å². The van der Waals surface area contributed by atoms with Gasteiger partial charge in [-0.15, -0.1) is 0 Å². The van der Waals surface area contributed by atoms with Crippen molar-refractivity contribution in [1.82, 2.24) is 4.72 Å². The summed E-state index contributed by atoms with van der Waals surface area (Å²) in [5.74, 6) is -0.815. The molecule has 0 spiro atoms. The Bertz CT molecular complexity index is 958. The predicted octanol–water partition coefficient (Wildman–Crippen LogP) is 4.26. The van der Waals surface area contributed by atoms with Crippen LogP contribution in [0.15, 0.2) is 41.3 Å². The standard InChI is InChI=1S/C16H16ClFN2O5S/c1-16(2,3)19-26(23,24)11-5-7-15(13(9-11)20(21)22)25-14-6-4-10(18)8-12(14)17/h4-9,19H,1-3H3. The molecule has 2 aromatic rings. The highest BCUT2D eigenvalue weighted by Crippen LogP contribution is 2.36. The number of nitro groups is 1. The third kappa shape index (κ3) is 4.90. The second-order valence-electron chi connectivity index (χ2n) is 6.42. The van der Waals surface area contributed by atoms with Gasteiger partial charge in [0.15, 0.2) is 0 Å². The highest BCUT2D eigenvalue weighted by atomic mass is 35.5. The largest absolute Gasteiger partial charge is 0.449 e. The first kappa shape index (κ1) is 20.1. The van der Waals surface area contributed by atoms with Gasteiger partial charge in [0.1, 0.15) is 11.6 Å². The molecule has 1 N–H and O–H groups in total. The fraction of sp³-hybridized carbons (Fsp3) is 0.250. The molecular formula is C16H16ClFN2O5S. The van der Waals surface area contributed by atoms with Crippen LogP contribution in [0.5, 0.6) is 11.5 Å². The van der Waals surface area contributed by atoms with E-state index in [9.17, 15) is 22.9 Å². The molecule has 0 unspecified atom stereocenters. The Morgan fingerprint density at radius 3 is 2.31 bits per heavy atom. The Balaban J connectivity index is 2.45. The number of nitrogens with one attached hydrogen (secondary N) is 1. The van der Waals surface area contributed by atoms with Gasteiger partial charge >= 0.3 is 5.69 Å².